The van der Waals surface area contributed by atoms with Crippen molar-refractivity contribution in [1.29, 1.82) is 0 Å². The molecular formula is C12H20N2O2S. The summed E-state index contributed by atoms with van der Waals surface area (Å²) in [4.78, 5) is 13.7. The first kappa shape index (κ1) is 11.8. The molecule has 0 radical (unpaired) electrons. The van der Waals surface area contributed by atoms with E-state index in [1.165, 1.54) is 12.8 Å². The van der Waals surface area contributed by atoms with Crippen molar-refractivity contribution in [1.82, 2.24) is 10.2 Å². The fourth-order valence-electron chi connectivity index (χ4n) is 3.65. The van der Waals surface area contributed by atoms with Crippen LogP contribution in [0.1, 0.15) is 32.1 Å². The normalized spacial score (nSPS) is 46.3. The third-order valence-corrected chi connectivity index (χ3v) is 6.08. The molecule has 3 aliphatic heterocycles. The Balaban J connectivity index is 1.76. The van der Waals surface area contributed by atoms with E-state index in [-0.39, 0.29) is 10.9 Å². The maximum atomic E-state index is 11.1. The molecule has 3 atom stereocenters. The fraction of sp³-hybridized carbons (Fsp3) is 0.917. The third kappa shape index (κ3) is 1.98. The van der Waals surface area contributed by atoms with E-state index in [1.54, 1.807) is 0 Å². The summed E-state index contributed by atoms with van der Waals surface area (Å²) in [5, 5.41) is 12.6. The highest BCUT2D eigenvalue weighted by Crippen LogP contribution is 2.47. The van der Waals surface area contributed by atoms with Crippen LogP contribution in [0.15, 0.2) is 0 Å². The largest absolute Gasteiger partial charge is 0.480 e. The number of aliphatic carboxylic acids is 1. The lowest BCUT2D eigenvalue weighted by Gasteiger charge is -2.48. The van der Waals surface area contributed by atoms with Crippen molar-refractivity contribution >= 4 is 17.7 Å². The highest BCUT2D eigenvalue weighted by Gasteiger charge is 2.49. The van der Waals surface area contributed by atoms with Gasteiger partial charge in [0.2, 0.25) is 0 Å². The van der Waals surface area contributed by atoms with Gasteiger partial charge >= 0.3 is 5.97 Å². The number of hydrogen-bond donors (Lipinski definition) is 2. The molecule has 17 heavy (non-hydrogen) atoms. The number of rotatable bonds is 1. The Morgan fingerprint density at radius 1 is 1.35 bits per heavy atom. The first-order chi connectivity index (χ1) is 8.10. The minimum absolute atomic E-state index is 0.0413. The Morgan fingerprint density at radius 2 is 2.00 bits per heavy atom. The molecule has 3 fully saturated rings. The zero-order valence-corrected chi connectivity index (χ0v) is 11.0. The van der Waals surface area contributed by atoms with Crippen LogP contribution in [0.4, 0.5) is 0 Å². The van der Waals surface area contributed by atoms with Crippen molar-refractivity contribution < 1.29 is 9.90 Å². The third-order valence-electron chi connectivity index (χ3n) is 4.64. The molecule has 1 spiro atoms. The summed E-state index contributed by atoms with van der Waals surface area (Å²) in [5.74, 6) is 0.295. The zero-order valence-electron chi connectivity index (χ0n) is 10.2. The summed E-state index contributed by atoms with van der Waals surface area (Å²) in [6.45, 7) is 0. The summed E-state index contributed by atoms with van der Waals surface area (Å²) in [6.07, 6.45) is 5.53. The van der Waals surface area contributed by atoms with Crippen LogP contribution in [0.2, 0.25) is 0 Å². The lowest BCUT2D eigenvalue weighted by molar-refractivity contribution is -0.140. The topological polar surface area (TPSA) is 52.6 Å². The molecule has 3 unspecified atom stereocenters. The monoisotopic (exact) mass is 256 g/mol. The number of carboxylic acid groups (broad SMARTS) is 1. The minimum atomic E-state index is -0.684. The molecule has 5 heteroatoms. The summed E-state index contributed by atoms with van der Waals surface area (Å²) in [7, 11) is 2.22. The summed E-state index contributed by atoms with van der Waals surface area (Å²) < 4.78 is 0. The van der Waals surface area contributed by atoms with E-state index in [1.807, 2.05) is 11.8 Å². The quantitative estimate of drug-likeness (QED) is 0.736. The van der Waals surface area contributed by atoms with Gasteiger partial charge in [-0.3, -0.25) is 10.1 Å². The van der Waals surface area contributed by atoms with Crippen LogP contribution in [0.3, 0.4) is 0 Å². The molecule has 2 bridgehead atoms. The Hall–Kier alpha value is -0.260. The molecule has 3 saturated heterocycles. The second kappa shape index (κ2) is 4.14. The average molecular weight is 256 g/mol. The fourth-order valence-corrected chi connectivity index (χ4v) is 5.24. The zero-order chi connectivity index (χ0) is 12.0. The van der Waals surface area contributed by atoms with Crippen LogP contribution in [-0.2, 0) is 4.79 Å². The minimum Gasteiger partial charge on any atom is -0.480 e. The lowest BCUT2D eigenvalue weighted by Crippen LogP contribution is -2.61. The van der Waals surface area contributed by atoms with Crippen LogP contribution in [0.25, 0.3) is 0 Å². The number of piperidine rings is 1. The predicted molar refractivity (Wildman–Crippen MR) is 68.2 cm³/mol. The van der Waals surface area contributed by atoms with Crippen molar-refractivity contribution in [3.05, 3.63) is 0 Å². The van der Waals surface area contributed by atoms with Crippen molar-refractivity contribution in [3.63, 3.8) is 0 Å². The van der Waals surface area contributed by atoms with E-state index in [9.17, 15) is 4.79 Å². The second-order valence-corrected chi connectivity index (χ2v) is 7.10. The molecule has 3 rings (SSSR count). The summed E-state index contributed by atoms with van der Waals surface area (Å²) >= 11 is 1.96. The van der Waals surface area contributed by atoms with E-state index < -0.39 is 5.97 Å². The average Bonchev–Trinajstić information content (AvgIpc) is 2.53. The van der Waals surface area contributed by atoms with E-state index in [0.29, 0.717) is 12.1 Å². The van der Waals surface area contributed by atoms with Gasteiger partial charge < -0.3 is 10.0 Å². The molecule has 0 aromatic rings. The van der Waals surface area contributed by atoms with Crippen LogP contribution >= 0.6 is 11.8 Å². The number of fused-ring (bicyclic) bond motifs is 2. The van der Waals surface area contributed by atoms with Crippen molar-refractivity contribution in [2.24, 2.45) is 0 Å². The van der Waals surface area contributed by atoms with Gasteiger partial charge in [0.1, 0.15) is 6.04 Å². The molecule has 4 nitrogen and oxygen atoms in total. The van der Waals surface area contributed by atoms with Gasteiger partial charge in [0, 0.05) is 12.1 Å². The number of nitrogens with zero attached hydrogens (tertiary/aromatic N) is 1. The second-order valence-electron chi connectivity index (χ2n) is 5.63. The van der Waals surface area contributed by atoms with Crippen LogP contribution in [-0.4, -0.2) is 51.8 Å². The van der Waals surface area contributed by atoms with E-state index in [0.717, 1.165) is 25.0 Å². The molecule has 3 aliphatic rings. The Labute approximate surface area is 106 Å². The maximum absolute atomic E-state index is 11.1. The molecule has 0 saturated carbocycles. The van der Waals surface area contributed by atoms with Crippen molar-refractivity contribution in [2.45, 2.75) is 55.1 Å². The van der Waals surface area contributed by atoms with E-state index >= 15 is 0 Å². The predicted octanol–water partition coefficient (Wildman–Crippen LogP) is 1.12. The number of carbonyl (C=O) groups is 1. The molecule has 0 aromatic heterocycles. The molecule has 0 aromatic carbocycles. The van der Waals surface area contributed by atoms with E-state index in [4.69, 9.17) is 5.11 Å². The van der Waals surface area contributed by atoms with Crippen molar-refractivity contribution in [3.8, 4) is 0 Å². The molecule has 0 aliphatic carbocycles. The highest BCUT2D eigenvalue weighted by molar-refractivity contribution is 8.00. The van der Waals surface area contributed by atoms with Crippen molar-refractivity contribution in [2.75, 3.05) is 12.8 Å². The van der Waals surface area contributed by atoms with Gasteiger partial charge in [0.25, 0.3) is 0 Å². The van der Waals surface area contributed by atoms with Crippen LogP contribution in [0, 0.1) is 0 Å². The maximum Gasteiger partial charge on any atom is 0.320 e. The van der Waals surface area contributed by atoms with Gasteiger partial charge in [-0.05, 0) is 44.9 Å². The van der Waals surface area contributed by atoms with Crippen LogP contribution in [0.5, 0.6) is 0 Å². The molecule has 96 valence electrons. The van der Waals surface area contributed by atoms with Crippen LogP contribution < -0.4 is 5.32 Å². The molecule has 0 amide bonds. The van der Waals surface area contributed by atoms with E-state index in [2.05, 4.69) is 17.3 Å². The standard InChI is InChI=1S/C12H20N2O2S/c1-14-8-2-3-9(14)7-12(6-8)13-10(11(15)16)4-5-17-12/h8-10,13H,2-7H2,1H3,(H,15,16). The highest BCUT2D eigenvalue weighted by atomic mass is 32.2. The first-order valence-corrected chi connectivity index (χ1v) is 7.45. The lowest BCUT2D eigenvalue weighted by atomic mass is 9.95. The Kier molecular flexibility index (Phi) is 2.88. The van der Waals surface area contributed by atoms with Gasteiger partial charge in [-0.1, -0.05) is 0 Å². The van der Waals surface area contributed by atoms with Gasteiger partial charge in [-0.2, -0.15) is 0 Å². The number of thioether (sulfide) groups is 1. The van der Waals surface area contributed by atoms with Gasteiger partial charge in [-0.25, -0.2) is 0 Å². The number of carboxylic acids is 1. The Morgan fingerprint density at radius 3 is 2.59 bits per heavy atom. The van der Waals surface area contributed by atoms with Gasteiger partial charge in [0.15, 0.2) is 0 Å². The van der Waals surface area contributed by atoms with Gasteiger partial charge in [0.05, 0.1) is 4.87 Å². The van der Waals surface area contributed by atoms with Gasteiger partial charge in [-0.15, -0.1) is 11.8 Å². The first-order valence-electron chi connectivity index (χ1n) is 6.46. The summed E-state index contributed by atoms with van der Waals surface area (Å²) in [6, 6.07) is 0.974. The smallest absolute Gasteiger partial charge is 0.320 e. The Bertz CT molecular complexity index is 322. The molecular weight excluding hydrogens is 236 g/mol. The molecule has 3 heterocycles. The number of nitrogens with one attached hydrogen (secondary N) is 1. The molecule has 2 N–H and O–H groups in total. The SMILES string of the molecule is CN1C2CCC1CC1(C2)NC(C(=O)O)CCS1. The summed E-state index contributed by atoms with van der Waals surface area (Å²) in [5.41, 5.74) is 0. The number of hydrogen-bond acceptors (Lipinski definition) is 4.